The third-order valence-electron chi connectivity index (χ3n) is 2.09. The number of hydrogen-bond donors (Lipinski definition) is 0. The minimum atomic E-state index is -0.0856. The average molecular weight is 141 g/mol. The molecule has 1 heteroatoms. The summed E-state index contributed by atoms with van der Waals surface area (Å²) in [6.45, 7) is 7.80. The Morgan fingerprint density at radius 1 is 1.60 bits per heavy atom. The molecule has 0 aromatic rings. The molecule has 0 saturated carbocycles. The molecule has 0 aliphatic carbocycles. The van der Waals surface area contributed by atoms with Crippen LogP contribution in [0.3, 0.4) is 0 Å². The van der Waals surface area contributed by atoms with Gasteiger partial charge in [-0.1, -0.05) is 33.6 Å². The van der Waals surface area contributed by atoms with Crippen LogP contribution in [0, 0.1) is 12.3 Å². The summed E-state index contributed by atoms with van der Waals surface area (Å²) in [5, 5.41) is 0. The zero-order valence-corrected chi connectivity index (χ0v) is 7.02. The molecule has 0 rings (SSSR count). The average Bonchev–Trinajstić information content (AvgIpc) is 2.00. The molecule has 0 heterocycles. The normalized spacial score (nSPS) is 16.3. The summed E-state index contributed by atoms with van der Waals surface area (Å²) >= 11 is 0. The summed E-state index contributed by atoms with van der Waals surface area (Å²) in [7, 11) is 0. The van der Waals surface area contributed by atoms with E-state index in [0.717, 1.165) is 32.0 Å². The van der Waals surface area contributed by atoms with Gasteiger partial charge in [0, 0.05) is 5.41 Å². The van der Waals surface area contributed by atoms with Gasteiger partial charge < -0.3 is 4.79 Å². The van der Waals surface area contributed by atoms with Crippen molar-refractivity contribution >= 4 is 6.29 Å². The van der Waals surface area contributed by atoms with Crippen LogP contribution in [0.15, 0.2) is 0 Å². The Balaban J connectivity index is 3.68. The van der Waals surface area contributed by atoms with E-state index in [0.29, 0.717) is 0 Å². The molecular formula is C9H17O. The highest BCUT2D eigenvalue weighted by molar-refractivity contribution is 5.58. The van der Waals surface area contributed by atoms with E-state index in [1.165, 1.54) is 0 Å². The maximum Gasteiger partial charge on any atom is 0.125 e. The molecule has 0 aromatic heterocycles. The van der Waals surface area contributed by atoms with Gasteiger partial charge >= 0.3 is 0 Å². The van der Waals surface area contributed by atoms with Crippen LogP contribution in [0.4, 0.5) is 0 Å². The number of carbonyl (C=O) groups is 1. The van der Waals surface area contributed by atoms with Gasteiger partial charge in [0.15, 0.2) is 0 Å². The van der Waals surface area contributed by atoms with Crippen molar-refractivity contribution in [3.63, 3.8) is 0 Å². The first-order valence-electron chi connectivity index (χ1n) is 3.94. The van der Waals surface area contributed by atoms with E-state index in [4.69, 9.17) is 0 Å². The molecule has 1 radical (unpaired) electrons. The Bertz CT molecular complexity index is 98.9. The van der Waals surface area contributed by atoms with E-state index in [1.54, 1.807) is 0 Å². The monoisotopic (exact) mass is 141 g/mol. The van der Waals surface area contributed by atoms with E-state index in [1.807, 2.05) is 6.92 Å². The van der Waals surface area contributed by atoms with Gasteiger partial charge in [-0.2, -0.15) is 0 Å². The van der Waals surface area contributed by atoms with Gasteiger partial charge in [0.25, 0.3) is 0 Å². The smallest absolute Gasteiger partial charge is 0.125 e. The predicted octanol–water partition coefficient (Wildman–Crippen LogP) is 2.61. The molecule has 10 heavy (non-hydrogen) atoms. The van der Waals surface area contributed by atoms with E-state index >= 15 is 0 Å². The summed E-state index contributed by atoms with van der Waals surface area (Å²) in [6.07, 6.45) is 4.99. The van der Waals surface area contributed by atoms with Crippen LogP contribution in [0.1, 0.15) is 39.5 Å². The summed E-state index contributed by atoms with van der Waals surface area (Å²) in [6, 6.07) is 0. The van der Waals surface area contributed by atoms with Gasteiger partial charge in [0.05, 0.1) is 0 Å². The zero-order chi connectivity index (χ0) is 8.04. The van der Waals surface area contributed by atoms with Crippen molar-refractivity contribution in [3.8, 4) is 0 Å². The predicted molar refractivity (Wildman–Crippen MR) is 43.7 cm³/mol. The van der Waals surface area contributed by atoms with Crippen LogP contribution in [0.5, 0.6) is 0 Å². The number of rotatable bonds is 5. The Kier molecular flexibility index (Phi) is 4.33. The van der Waals surface area contributed by atoms with Crippen molar-refractivity contribution in [2.45, 2.75) is 39.5 Å². The molecule has 0 fully saturated rings. The maximum atomic E-state index is 10.5. The van der Waals surface area contributed by atoms with Crippen LogP contribution < -0.4 is 0 Å². The first-order chi connectivity index (χ1) is 4.68. The Morgan fingerprint density at radius 2 is 2.20 bits per heavy atom. The first kappa shape index (κ1) is 9.67. The lowest BCUT2D eigenvalue weighted by molar-refractivity contribution is -0.115. The summed E-state index contributed by atoms with van der Waals surface area (Å²) in [5.41, 5.74) is -0.0856. The second-order valence-corrected chi connectivity index (χ2v) is 3.08. The highest BCUT2D eigenvalue weighted by Gasteiger charge is 2.19. The Labute approximate surface area is 63.8 Å². The molecule has 0 aliphatic heterocycles. The van der Waals surface area contributed by atoms with Crippen LogP contribution in [0.2, 0.25) is 0 Å². The lowest BCUT2D eigenvalue weighted by Crippen LogP contribution is -2.16. The van der Waals surface area contributed by atoms with Crippen LogP contribution in [-0.4, -0.2) is 6.29 Å². The molecule has 0 amide bonds. The van der Waals surface area contributed by atoms with Crippen molar-refractivity contribution < 1.29 is 4.79 Å². The van der Waals surface area contributed by atoms with Crippen molar-refractivity contribution in [2.75, 3.05) is 0 Å². The van der Waals surface area contributed by atoms with E-state index < -0.39 is 0 Å². The number of aldehydes is 1. The number of carbonyl (C=O) groups excluding carboxylic acids is 1. The minimum absolute atomic E-state index is 0.0856. The number of hydrogen-bond acceptors (Lipinski definition) is 1. The molecule has 1 unspecified atom stereocenters. The van der Waals surface area contributed by atoms with Crippen LogP contribution in [0.25, 0.3) is 0 Å². The molecule has 0 aliphatic rings. The van der Waals surface area contributed by atoms with E-state index in [9.17, 15) is 4.79 Å². The van der Waals surface area contributed by atoms with Gasteiger partial charge in [-0.05, 0) is 12.8 Å². The summed E-state index contributed by atoms with van der Waals surface area (Å²) in [4.78, 5) is 10.5. The standard InChI is InChI=1S/C9H17O/c1-4-6-7-9(3,5-2)8-10/h8H,1,4-7H2,2-3H3. The van der Waals surface area contributed by atoms with Gasteiger partial charge in [0.2, 0.25) is 0 Å². The second-order valence-electron chi connectivity index (χ2n) is 3.08. The third-order valence-corrected chi connectivity index (χ3v) is 2.09. The number of unbranched alkanes of at least 4 members (excludes halogenated alkanes) is 1. The zero-order valence-electron chi connectivity index (χ0n) is 7.02. The molecule has 0 spiro atoms. The molecule has 59 valence electrons. The van der Waals surface area contributed by atoms with Crippen molar-refractivity contribution in [1.29, 1.82) is 0 Å². The molecular weight excluding hydrogens is 124 g/mol. The minimum Gasteiger partial charge on any atom is -0.303 e. The molecule has 0 aromatic carbocycles. The second kappa shape index (κ2) is 4.48. The summed E-state index contributed by atoms with van der Waals surface area (Å²) in [5.74, 6) is 0. The Morgan fingerprint density at radius 3 is 2.50 bits per heavy atom. The quantitative estimate of drug-likeness (QED) is 0.538. The van der Waals surface area contributed by atoms with E-state index in [-0.39, 0.29) is 5.41 Å². The van der Waals surface area contributed by atoms with Gasteiger partial charge in [-0.15, -0.1) is 0 Å². The largest absolute Gasteiger partial charge is 0.303 e. The summed E-state index contributed by atoms with van der Waals surface area (Å²) < 4.78 is 0. The molecule has 0 bridgehead atoms. The van der Waals surface area contributed by atoms with Crippen LogP contribution in [-0.2, 0) is 4.79 Å². The Hall–Kier alpha value is -0.330. The first-order valence-corrected chi connectivity index (χ1v) is 3.94. The lowest BCUT2D eigenvalue weighted by atomic mass is 9.84. The SMILES string of the molecule is [CH2]CCCC(C)(C=O)CC. The fourth-order valence-corrected chi connectivity index (χ4v) is 0.848. The third kappa shape index (κ3) is 3.00. The highest BCUT2D eigenvalue weighted by atomic mass is 16.1. The topological polar surface area (TPSA) is 17.1 Å². The van der Waals surface area contributed by atoms with E-state index in [2.05, 4.69) is 13.8 Å². The lowest BCUT2D eigenvalue weighted by Gasteiger charge is -2.19. The molecule has 1 nitrogen and oxygen atoms in total. The fraction of sp³-hybridized carbons (Fsp3) is 0.778. The maximum absolute atomic E-state index is 10.5. The highest BCUT2D eigenvalue weighted by Crippen LogP contribution is 2.24. The molecule has 1 atom stereocenters. The molecule has 0 saturated heterocycles. The van der Waals surface area contributed by atoms with Gasteiger partial charge in [-0.3, -0.25) is 0 Å². The van der Waals surface area contributed by atoms with Gasteiger partial charge in [-0.25, -0.2) is 0 Å². The molecule has 0 N–H and O–H groups in total. The van der Waals surface area contributed by atoms with Crippen molar-refractivity contribution in [2.24, 2.45) is 5.41 Å². The van der Waals surface area contributed by atoms with Crippen molar-refractivity contribution in [1.82, 2.24) is 0 Å². The van der Waals surface area contributed by atoms with Crippen LogP contribution >= 0.6 is 0 Å². The van der Waals surface area contributed by atoms with Crippen molar-refractivity contribution in [3.05, 3.63) is 6.92 Å². The van der Waals surface area contributed by atoms with Gasteiger partial charge in [0.1, 0.15) is 6.29 Å². The fourth-order valence-electron chi connectivity index (χ4n) is 0.848.